The maximum atomic E-state index is 2.56. The molecule has 0 amide bonds. The van der Waals surface area contributed by atoms with Crippen molar-refractivity contribution in [3.63, 3.8) is 0 Å². The zero-order valence-corrected chi connectivity index (χ0v) is 14.6. The van der Waals surface area contributed by atoms with Crippen LogP contribution in [0.5, 0.6) is 0 Å². The van der Waals surface area contributed by atoms with Crippen molar-refractivity contribution in [1.29, 1.82) is 0 Å². The molecule has 0 spiro atoms. The highest BCUT2D eigenvalue weighted by molar-refractivity contribution is 5.30. The Labute approximate surface area is 127 Å². The van der Waals surface area contributed by atoms with Crippen LogP contribution in [0.25, 0.3) is 0 Å². The summed E-state index contributed by atoms with van der Waals surface area (Å²) in [6.45, 7) is 16.3. The highest BCUT2D eigenvalue weighted by Crippen LogP contribution is 2.30. The summed E-state index contributed by atoms with van der Waals surface area (Å²) >= 11 is 0. The van der Waals surface area contributed by atoms with Crippen LogP contribution in [0.1, 0.15) is 71.4 Å². The van der Waals surface area contributed by atoms with Gasteiger partial charge < -0.3 is 4.90 Å². The zero-order valence-electron chi connectivity index (χ0n) is 14.6. The van der Waals surface area contributed by atoms with Crippen LogP contribution in [0.2, 0.25) is 0 Å². The molecule has 0 aliphatic carbocycles. The average molecular weight is 277 g/mol. The molecule has 0 radical (unpaired) electrons. The predicted octanol–water partition coefficient (Wildman–Crippen LogP) is 5.50. The summed E-state index contributed by atoms with van der Waals surface area (Å²) in [5.74, 6) is 0.805. The first kappa shape index (κ1) is 19.2. The molecule has 1 nitrogen and oxygen atoms in total. The van der Waals surface area contributed by atoms with E-state index in [1.807, 2.05) is 27.7 Å². The maximum Gasteiger partial charge on any atom is -0.00130 e. The molecule has 1 aliphatic rings. The van der Waals surface area contributed by atoms with E-state index in [0.29, 0.717) is 0 Å². The van der Waals surface area contributed by atoms with Crippen LogP contribution in [0.15, 0.2) is 24.3 Å². The van der Waals surface area contributed by atoms with E-state index < -0.39 is 0 Å². The number of benzene rings is 1. The van der Waals surface area contributed by atoms with Crippen molar-refractivity contribution < 1.29 is 0 Å². The molecule has 0 aromatic heterocycles. The van der Waals surface area contributed by atoms with Gasteiger partial charge in [-0.25, -0.2) is 0 Å². The first-order valence-electron chi connectivity index (χ1n) is 8.65. The van der Waals surface area contributed by atoms with Crippen LogP contribution < -0.4 is 0 Å². The number of likely N-dealkylation sites (tertiary alicyclic amines) is 1. The lowest BCUT2D eigenvalue weighted by Crippen LogP contribution is -2.32. The monoisotopic (exact) mass is 277 g/mol. The van der Waals surface area contributed by atoms with Gasteiger partial charge in [0.2, 0.25) is 0 Å². The van der Waals surface area contributed by atoms with Crippen LogP contribution in [-0.2, 0) is 6.42 Å². The molecule has 1 heteroatoms. The molecular weight excluding hydrogens is 242 g/mol. The Bertz CT molecular complexity index is 324. The van der Waals surface area contributed by atoms with E-state index in [1.165, 1.54) is 38.9 Å². The number of nitrogens with zero attached hydrogens (tertiary/aromatic N) is 1. The van der Waals surface area contributed by atoms with Crippen molar-refractivity contribution >= 4 is 0 Å². The molecule has 0 N–H and O–H groups in total. The molecule has 1 aromatic carbocycles. The van der Waals surface area contributed by atoms with Gasteiger partial charge in [0.25, 0.3) is 0 Å². The minimum Gasteiger partial charge on any atom is -0.304 e. The van der Waals surface area contributed by atoms with Crippen molar-refractivity contribution in [3.8, 4) is 0 Å². The largest absolute Gasteiger partial charge is 0.304 e. The third-order valence-corrected chi connectivity index (χ3v) is 3.91. The van der Waals surface area contributed by atoms with Gasteiger partial charge in [-0.1, -0.05) is 65.8 Å². The molecule has 0 bridgehead atoms. The lowest BCUT2D eigenvalue weighted by atomic mass is 9.86. The number of hydrogen-bond acceptors (Lipinski definition) is 1. The Hall–Kier alpha value is -0.820. The van der Waals surface area contributed by atoms with E-state index in [0.717, 1.165) is 5.92 Å². The Morgan fingerprint density at radius 3 is 2.00 bits per heavy atom. The summed E-state index contributed by atoms with van der Waals surface area (Å²) in [6, 6.07) is 9.00. The number of piperidine rings is 1. The SMILES string of the molecule is CC.CC.CCc1ccccc1C1CCN(CC)CC1. The minimum absolute atomic E-state index is 0.805. The number of aryl methyl sites for hydroxylation is 1. The number of hydrogen-bond donors (Lipinski definition) is 0. The second-order valence-corrected chi connectivity index (χ2v) is 4.76. The van der Waals surface area contributed by atoms with E-state index >= 15 is 0 Å². The molecule has 0 saturated carbocycles. The molecule has 0 unspecified atom stereocenters. The maximum absolute atomic E-state index is 2.56. The van der Waals surface area contributed by atoms with Crippen molar-refractivity contribution in [2.24, 2.45) is 0 Å². The van der Waals surface area contributed by atoms with E-state index in [-0.39, 0.29) is 0 Å². The summed E-state index contributed by atoms with van der Waals surface area (Å²) in [4.78, 5) is 2.56. The topological polar surface area (TPSA) is 3.24 Å². The third kappa shape index (κ3) is 5.66. The Morgan fingerprint density at radius 2 is 1.50 bits per heavy atom. The molecule has 1 aromatic rings. The second-order valence-electron chi connectivity index (χ2n) is 4.76. The Morgan fingerprint density at radius 1 is 0.950 bits per heavy atom. The van der Waals surface area contributed by atoms with Gasteiger partial charge in [0.1, 0.15) is 0 Å². The zero-order chi connectivity index (χ0) is 15.4. The van der Waals surface area contributed by atoms with E-state index in [4.69, 9.17) is 0 Å². The third-order valence-electron chi connectivity index (χ3n) is 3.91. The average Bonchev–Trinajstić information content (AvgIpc) is 2.58. The van der Waals surface area contributed by atoms with Crippen LogP contribution >= 0.6 is 0 Å². The highest BCUT2D eigenvalue weighted by atomic mass is 15.1. The van der Waals surface area contributed by atoms with Crippen LogP contribution in [0.4, 0.5) is 0 Å². The van der Waals surface area contributed by atoms with Crippen molar-refractivity contribution in [1.82, 2.24) is 4.90 Å². The molecule has 0 atom stereocenters. The van der Waals surface area contributed by atoms with Crippen LogP contribution in [-0.4, -0.2) is 24.5 Å². The molecule has 2 rings (SSSR count). The summed E-state index contributed by atoms with van der Waals surface area (Å²) < 4.78 is 0. The molecule has 1 fully saturated rings. The Kier molecular flexibility index (Phi) is 11.5. The smallest absolute Gasteiger partial charge is 0.00130 e. The van der Waals surface area contributed by atoms with Gasteiger partial charge in [-0.15, -0.1) is 0 Å². The first-order valence-corrected chi connectivity index (χ1v) is 8.65. The van der Waals surface area contributed by atoms with Gasteiger partial charge >= 0.3 is 0 Å². The van der Waals surface area contributed by atoms with Crippen LogP contribution in [0.3, 0.4) is 0 Å². The van der Waals surface area contributed by atoms with Gasteiger partial charge in [0.15, 0.2) is 0 Å². The predicted molar refractivity (Wildman–Crippen MR) is 92.6 cm³/mol. The quantitative estimate of drug-likeness (QED) is 0.705. The summed E-state index contributed by atoms with van der Waals surface area (Å²) in [6.07, 6.45) is 3.85. The Balaban J connectivity index is 0.000000829. The lowest BCUT2D eigenvalue weighted by molar-refractivity contribution is 0.222. The summed E-state index contributed by atoms with van der Waals surface area (Å²) in [5.41, 5.74) is 3.17. The molecule has 1 saturated heterocycles. The van der Waals surface area contributed by atoms with Gasteiger partial charge in [-0.3, -0.25) is 0 Å². The van der Waals surface area contributed by atoms with Crippen molar-refractivity contribution in [2.45, 2.75) is 66.7 Å². The standard InChI is InChI=1S/C15H23N.2C2H6/c1-3-13-7-5-6-8-15(13)14-9-11-16(4-2)12-10-14;2*1-2/h5-8,14H,3-4,9-12H2,1-2H3;2*1-2H3. The molecule has 116 valence electrons. The summed E-state index contributed by atoms with van der Waals surface area (Å²) in [5, 5.41) is 0. The number of rotatable bonds is 3. The fraction of sp³-hybridized carbons (Fsp3) is 0.684. The fourth-order valence-electron chi connectivity index (χ4n) is 2.81. The van der Waals surface area contributed by atoms with Gasteiger partial charge in [-0.05, 0) is 55.9 Å². The van der Waals surface area contributed by atoms with E-state index in [2.05, 4.69) is 43.0 Å². The van der Waals surface area contributed by atoms with Crippen molar-refractivity contribution in [3.05, 3.63) is 35.4 Å². The molecular formula is C19H35N. The normalized spacial score (nSPS) is 15.7. The highest BCUT2D eigenvalue weighted by Gasteiger charge is 2.20. The van der Waals surface area contributed by atoms with Gasteiger partial charge in [0.05, 0.1) is 0 Å². The van der Waals surface area contributed by atoms with Gasteiger partial charge in [0, 0.05) is 0 Å². The first-order chi connectivity index (χ1) is 9.85. The molecule has 1 aliphatic heterocycles. The lowest BCUT2D eigenvalue weighted by Gasteiger charge is -2.32. The van der Waals surface area contributed by atoms with E-state index in [1.54, 1.807) is 11.1 Å². The van der Waals surface area contributed by atoms with Crippen molar-refractivity contribution in [2.75, 3.05) is 19.6 Å². The minimum atomic E-state index is 0.805. The van der Waals surface area contributed by atoms with E-state index in [9.17, 15) is 0 Å². The molecule has 20 heavy (non-hydrogen) atoms. The molecule has 1 heterocycles. The fourth-order valence-corrected chi connectivity index (χ4v) is 2.81. The second kappa shape index (κ2) is 12.0. The summed E-state index contributed by atoms with van der Waals surface area (Å²) in [7, 11) is 0. The van der Waals surface area contributed by atoms with Gasteiger partial charge in [-0.2, -0.15) is 0 Å². The van der Waals surface area contributed by atoms with Crippen LogP contribution in [0, 0.1) is 0 Å².